The zero-order valence-corrected chi connectivity index (χ0v) is 23.6. The van der Waals surface area contributed by atoms with Gasteiger partial charge in [0.15, 0.2) is 5.82 Å². The highest BCUT2D eigenvalue weighted by molar-refractivity contribution is 6.36. The number of nitrogens with zero attached hydrogens (tertiary/aromatic N) is 7. The van der Waals surface area contributed by atoms with Crippen LogP contribution in [0.3, 0.4) is 0 Å². The molecule has 6 rings (SSSR count). The highest BCUT2D eigenvalue weighted by Crippen LogP contribution is 2.37. The van der Waals surface area contributed by atoms with E-state index in [-0.39, 0.29) is 35.4 Å². The summed E-state index contributed by atoms with van der Waals surface area (Å²) in [6.45, 7) is 2.96. The van der Waals surface area contributed by atoms with E-state index in [9.17, 15) is 5.26 Å². The van der Waals surface area contributed by atoms with Crippen LogP contribution in [0.25, 0.3) is 32.9 Å². The second kappa shape index (κ2) is 11.7. The van der Waals surface area contributed by atoms with Gasteiger partial charge in [0.1, 0.15) is 23.6 Å². The van der Waals surface area contributed by atoms with Crippen LogP contribution < -0.4 is 15.0 Å². The summed E-state index contributed by atoms with van der Waals surface area (Å²) in [7, 11) is 3.73. The predicted molar refractivity (Wildman–Crippen MR) is 155 cm³/mol. The number of halogens is 2. The molecule has 1 N–H and O–H groups in total. The van der Waals surface area contributed by atoms with Crippen LogP contribution in [0, 0.1) is 17.1 Å². The Morgan fingerprint density at radius 3 is 2.90 bits per heavy atom. The quantitative estimate of drug-likeness (QED) is 0.348. The molecule has 0 spiro atoms. The van der Waals surface area contributed by atoms with Gasteiger partial charge >= 0.3 is 6.01 Å². The molecule has 3 aromatic heterocycles. The first kappa shape index (κ1) is 27.5. The Bertz CT molecular complexity index is 1630. The van der Waals surface area contributed by atoms with Crippen LogP contribution in [0.15, 0.2) is 36.8 Å². The second-order valence-electron chi connectivity index (χ2n) is 10.5. The molecule has 0 amide bonds. The molecular formula is C29H30ClFN8O2. The number of likely N-dealkylation sites (N-methyl/N-ethyl adjacent to an activating group) is 1. The number of nitrogens with one attached hydrogen (secondary N) is 1. The third-order valence-corrected chi connectivity index (χ3v) is 8.23. The molecule has 4 aromatic rings. The molecule has 41 heavy (non-hydrogen) atoms. The molecule has 0 bridgehead atoms. The molecule has 2 aliphatic rings. The van der Waals surface area contributed by atoms with Crippen LogP contribution in [0.1, 0.15) is 12.8 Å². The summed E-state index contributed by atoms with van der Waals surface area (Å²) in [5.74, 6) is -0.0811. The Balaban J connectivity index is 1.44. The third kappa shape index (κ3) is 5.36. The summed E-state index contributed by atoms with van der Waals surface area (Å²) in [5, 5.41) is 15.0. The van der Waals surface area contributed by atoms with Crippen molar-refractivity contribution in [2.24, 2.45) is 0 Å². The SMILES string of the molecule is CO[C@@H]1C[C@@H](COc2nc(N3CCN[C@@H](CC#N)C3)c3cnc(-c4cncc5cccc(Cl)c45)c(F)c3n2)N(C)C1. The molecule has 1 aromatic carbocycles. The molecule has 0 unspecified atom stereocenters. The number of benzene rings is 1. The predicted octanol–water partition coefficient (Wildman–Crippen LogP) is 3.82. The Kier molecular flexibility index (Phi) is 7.81. The number of ether oxygens (including phenoxy) is 2. The van der Waals surface area contributed by atoms with Crippen LogP contribution in [0.5, 0.6) is 6.01 Å². The minimum absolute atomic E-state index is 0.0396. The van der Waals surface area contributed by atoms with E-state index in [0.29, 0.717) is 59.8 Å². The van der Waals surface area contributed by atoms with E-state index >= 15 is 4.39 Å². The van der Waals surface area contributed by atoms with Crippen molar-refractivity contribution >= 4 is 39.1 Å². The largest absolute Gasteiger partial charge is 0.462 e. The molecule has 2 aliphatic heterocycles. The van der Waals surface area contributed by atoms with E-state index in [4.69, 9.17) is 26.1 Å². The van der Waals surface area contributed by atoms with Crippen LogP contribution in [0.2, 0.25) is 5.02 Å². The number of aromatic nitrogens is 4. The van der Waals surface area contributed by atoms with Gasteiger partial charge in [0.2, 0.25) is 0 Å². The molecule has 0 radical (unpaired) electrons. The summed E-state index contributed by atoms with van der Waals surface area (Å²) >= 11 is 6.54. The van der Waals surface area contributed by atoms with E-state index < -0.39 is 5.82 Å². The number of nitriles is 1. The molecule has 2 saturated heterocycles. The standard InChI is InChI=1S/C29H30ClFN8O2/c1-38-15-20(40-2)10-19(38)16-41-29-36-27-22(28(37-29)39-9-8-34-18(14-39)6-7-32)13-35-26(25(27)31)21-12-33-11-17-4-3-5-23(30)24(17)21/h3-5,11-13,18-20,34H,6,8-10,14-16H2,1-2H3/t18-,19-,20+/m0/s1. The van der Waals surface area contributed by atoms with Gasteiger partial charge < -0.3 is 19.7 Å². The lowest BCUT2D eigenvalue weighted by atomic mass is 10.0. The normalized spacial score (nSPS) is 21.4. The average Bonchev–Trinajstić information content (AvgIpc) is 3.36. The Morgan fingerprint density at radius 1 is 1.22 bits per heavy atom. The lowest BCUT2D eigenvalue weighted by Gasteiger charge is -2.34. The number of hydrogen-bond acceptors (Lipinski definition) is 10. The van der Waals surface area contributed by atoms with Crippen LogP contribution in [0.4, 0.5) is 10.2 Å². The topological polar surface area (TPSA) is 112 Å². The van der Waals surface area contributed by atoms with Crippen LogP contribution >= 0.6 is 11.6 Å². The molecule has 10 nitrogen and oxygen atoms in total. The maximum atomic E-state index is 16.5. The lowest BCUT2D eigenvalue weighted by Crippen LogP contribution is -2.51. The number of rotatable bonds is 7. The van der Waals surface area contributed by atoms with Gasteiger partial charge in [-0.3, -0.25) is 14.9 Å². The van der Waals surface area contributed by atoms with Gasteiger partial charge in [-0.2, -0.15) is 15.2 Å². The Labute approximate surface area is 242 Å². The number of methoxy groups -OCH3 is 1. The van der Waals surface area contributed by atoms with Gasteiger partial charge in [0, 0.05) is 85.3 Å². The lowest BCUT2D eigenvalue weighted by molar-refractivity contribution is 0.111. The van der Waals surface area contributed by atoms with Gasteiger partial charge in [-0.1, -0.05) is 23.7 Å². The highest BCUT2D eigenvalue weighted by Gasteiger charge is 2.31. The monoisotopic (exact) mass is 576 g/mol. The van der Waals surface area contributed by atoms with E-state index in [1.807, 2.05) is 24.1 Å². The van der Waals surface area contributed by atoms with Gasteiger partial charge in [-0.05, 0) is 19.5 Å². The maximum absolute atomic E-state index is 16.5. The van der Waals surface area contributed by atoms with Crippen molar-refractivity contribution in [3.63, 3.8) is 0 Å². The van der Waals surface area contributed by atoms with Crippen molar-refractivity contribution in [3.05, 3.63) is 47.6 Å². The van der Waals surface area contributed by atoms with E-state index in [1.54, 1.807) is 31.8 Å². The maximum Gasteiger partial charge on any atom is 0.319 e. The summed E-state index contributed by atoms with van der Waals surface area (Å²) in [6.07, 6.45) is 6.15. The van der Waals surface area contributed by atoms with Crippen molar-refractivity contribution < 1.29 is 13.9 Å². The average molecular weight is 577 g/mol. The number of hydrogen-bond donors (Lipinski definition) is 1. The molecule has 2 fully saturated rings. The number of pyridine rings is 2. The van der Waals surface area contributed by atoms with E-state index in [0.717, 1.165) is 18.4 Å². The zero-order valence-electron chi connectivity index (χ0n) is 22.8. The molecular weight excluding hydrogens is 547 g/mol. The third-order valence-electron chi connectivity index (χ3n) is 7.91. The minimum atomic E-state index is -0.605. The summed E-state index contributed by atoms with van der Waals surface area (Å²) < 4.78 is 28.1. The minimum Gasteiger partial charge on any atom is -0.462 e. The van der Waals surface area contributed by atoms with Crippen molar-refractivity contribution in [1.82, 2.24) is 30.2 Å². The number of anilines is 1. The van der Waals surface area contributed by atoms with Gasteiger partial charge in [-0.25, -0.2) is 4.39 Å². The molecule has 0 saturated carbocycles. The second-order valence-corrected chi connectivity index (χ2v) is 10.9. The summed E-state index contributed by atoms with van der Waals surface area (Å²) in [4.78, 5) is 22.3. The smallest absolute Gasteiger partial charge is 0.319 e. The van der Waals surface area contributed by atoms with E-state index in [2.05, 4.69) is 31.2 Å². The first-order valence-electron chi connectivity index (χ1n) is 13.6. The number of piperazine rings is 1. The van der Waals surface area contributed by atoms with Crippen molar-refractivity contribution in [3.8, 4) is 23.3 Å². The fourth-order valence-corrected chi connectivity index (χ4v) is 6.00. The number of likely N-dealkylation sites (tertiary alicyclic amines) is 1. The van der Waals surface area contributed by atoms with Crippen LogP contribution in [-0.4, -0.2) is 90.0 Å². The van der Waals surface area contributed by atoms with Gasteiger partial charge in [0.25, 0.3) is 0 Å². The fraction of sp³-hybridized carbons (Fsp3) is 0.414. The van der Waals surface area contributed by atoms with Crippen LogP contribution in [-0.2, 0) is 4.74 Å². The molecule has 0 aliphatic carbocycles. The van der Waals surface area contributed by atoms with Crippen molar-refractivity contribution in [2.75, 3.05) is 51.8 Å². The van der Waals surface area contributed by atoms with Gasteiger partial charge in [0.05, 0.1) is 24.0 Å². The molecule has 12 heteroatoms. The Hall–Kier alpha value is -3.69. The van der Waals surface area contributed by atoms with E-state index in [1.165, 1.54) is 0 Å². The highest BCUT2D eigenvalue weighted by atomic mass is 35.5. The first-order chi connectivity index (χ1) is 20.0. The molecule has 5 heterocycles. The number of fused-ring (bicyclic) bond motifs is 2. The summed E-state index contributed by atoms with van der Waals surface area (Å²) in [5.41, 5.74) is 0.675. The Morgan fingerprint density at radius 2 is 2.10 bits per heavy atom. The first-order valence-corrected chi connectivity index (χ1v) is 13.9. The fourth-order valence-electron chi connectivity index (χ4n) is 5.71. The molecule has 212 valence electrons. The van der Waals surface area contributed by atoms with Crippen molar-refractivity contribution in [2.45, 2.75) is 31.0 Å². The summed E-state index contributed by atoms with van der Waals surface area (Å²) in [6, 6.07) is 7.84. The zero-order chi connectivity index (χ0) is 28.5. The van der Waals surface area contributed by atoms with Gasteiger partial charge in [-0.15, -0.1) is 0 Å². The van der Waals surface area contributed by atoms with Crippen molar-refractivity contribution in [1.29, 1.82) is 5.26 Å². The molecule has 3 atom stereocenters.